The van der Waals surface area contributed by atoms with Gasteiger partial charge in [-0.15, -0.1) is 0 Å². The van der Waals surface area contributed by atoms with Crippen molar-refractivity contribution in [3.05, 3.63) is 28.8 Å². The van der Waals surface area contributed by atoms with Crippen LogP contribution in [0, 0.1) is 0 Å². The molecule has 5 nitrogen and oxygen atoms in total. The molecule has 0 aliphatic rings. The zero-order valence-electron chi connectivity index (χ0n) is 12.0. The maximum absolute atomic E-state index is 12.5. The lowest BCUT2D eigenvalue weighted by Gasteiger charge is -2.24. The number of benzene rings is 1. The van der Waals surface area contributed by atoms with E-state index in [1.807, 2.05) is 13.2 Å². The molecule has 1 rings (SSSR count). The van der Waals surface area contributed by atoms with Crippen molar-refractivity contribution < 1.29 is 18.3 Å². The first-order chi connectivity index (χ1) is 9.71. The summed E-state index contributed by atoms with van der Waals surface area (Å²) in [6.07, 6.45) is 2.70. The third kappa shape index (κ3) is 4.35. The molecule has 1 aromatic rings. The fraction of sp³-hybridized carbons (Fsp3) is 0.462. The summed E-state index contributed by atoms with van der Waals surface area (Å²) in [5, 5.41) is 8.82. The quantitative estimate of drug-likeness (QED) is 0.817. The molecule has 0 radical (unpaired) electrons. The molecule has 0 fully saturated rings. The topological polar surface area (TPSA) is 74.7 Å². The highest BCUT2D eigenvalue weighted by Gasteiger charge is 2.26. The molecular formula is C13H18ClNO4S2. The van der Waals surface area contributed by atoms with E-state index < -0.39 is 16.0 Å². The highest BCUT2D eigenvalue weighted by Crippen LogP contribution is 2.24. The van der Waals surface area contributed by atoms with Crippen molar-refractivity contribution >= 4 is 39.4 Å². The molecule has 0 saturated heterocycles. The predicted octanol–water partition coefficient (Wildman–Crippen LogP) is 2.80. The van der Waals surface area contributed by atoms with Crippen molar-refractivity contribution in [3.8, 4) is 0 Å². The fourth-order valence-corrected chi connectivity index (χ4v) is 4.02. The zero-order chi connectivity index (χ0) is 16.2. The molecule has 0 heterocycles. The Bertz CT molecular complexity index is 619. The van der Waals surface area contributed by atoms with Crippen molar-refractivity contribution in [2.45, 2.75) is 24.3 Å². The third-order valence-corrected chi connectivity index (χ3v) is 6.13. The van der Waals surface area contributed by atoms with E-state index in [1.165, 1.54) is 29.6 Å². The Labute approximate surface area is 134 Å². The molecule has 0 amide bonds. The molecule has 118 valence electrons. The number of nitrogens with zero attached hydrogens (tertiary/aromatic N) is 1. The van der Waals surface area contributed by atoms with Crippen molar-refractivity contribution in [2.24, 2.45) is 0 Å². The van der Waals surface area contributed by atoms with Crippen LogP contribution >= 0.6 is 23.4 Å². The molecular weight excluding hydrogens is 334 g/mol. The van der Waals surface area contributed by atoms with Crippen molar-refractivity contribution in [1.29, 1.82) is 0 Å². The molecule has 1 N–H and O–H groups in total. The number of carboxylic acid groups (broad SMARTS) is 1. The van der Waals surface area contributed by atoms with E-state index in [0.29, 0.717) is 0 Å². The average Bonchev–Trinajstić information content (AvgIpc) is 2.43. The largest absolute Gasteiger partial charge is 0.478 e. The van der Waals surface area contributed by atoms with Gasteiger partial charge in [0.15, 0.2) is 0 Å². The summed E-state index contributed by atoms with van der Waals surface area (Å²) in [7, 11) is -2.17. The lowest BCUT2D eigenvalue weighted by molar-refractivity contribution is 0.0697. The van der Waals surface area contributed by atoms with Gasteiger partial charge in [-0.2, -0.15) is 16.1 Å². The summed E-state index contributed by atoms with van der Waals surface area (Å²) in [5.74, 6) is -0.328. The second kappa shape index (κ2) is 7.49. The van der Waals surface area contributed by atoms with Crippen molar-refractivity contribution in [3.63, 3.8) is 0 Å². The lowest BCUT2D eigenvalue weighted by Crippen LogP contribution is -2.35. The average molecular weight is 352 g/mol. The first-order valence-corrected chi connectivity index (χ1v) is 9.42. The van der Waals surface area contributed by atoms with Crippen LogP contribution in [-0.2, 0) is 10.0 Å². The number of carboxylic acids is 1. The van der Waals surface area contributed by atoms with Crippen molar-refractivity contribution in [1.82, 2.24) is 4.31 Å². The van der Waals surface area contributed by atoms with Gasteiger partial charge in [0.1, 0.15) is 0 Å². The molecule has 0 aromatic heterocycles. The van der Waals surface area contributed by atoms with E-state index in [-0.39, 0.29) is 21.5 Å². The van der Waals surface area contributed by atoms with Gasteiger partial charge in [-0.1, -0.05) is 11.6 Å². The van der Waals surface area contributed by atoms with Gasteiger partial charge in [0, 0.05) is 13.1 Å². The molecule has 1 atom stereocenters. The number of hydrogen-bond acceptors (Lipinski definition) is 4. The Morgan fingerprint density at radius 1 is 1.48 bits per heavy atom. The first kappa shape index (κ1) is 18.3. The van der Waals surface area contributed by atoms with Gasteiger partial charge in [0.2, 0.25) is 10.0 Å². The van der Waals surface area contributed by atoms with Gasteiger partial charge in [0.25, 0.3) is 0 Å². The van der Waals surface area contributed by atoms with Crippen LogP contribution in [0.4, 0.5) is 0 Å². The zero-order valence-corrected chi connectivity index (χ0v) is 14.4. The van der Waals surface area contributed by atoms with Crippen molar-refractivity contribution in [2.75, 3.05) is 19.1 Å². The Morgan fingerprint density at radius 2 is 2.10 bits per heavy atom. The van der Waals surface area contributed by atoms with E-state index >= 15 is 0 Å². The Morgan fingerprint density at radius 3 is 2.57 bits per heavy atom. The van der Waals surface area contributed by atoms with E-state index in [4.69, 9.17) is 16.7 Å². The van der Waals surface area contributed by atoms with Crippen LogP contribution in [0.25, 0.3) is 0 Å². The first-order valence-electron chi connectivity index (χ1n) is 6.21. The van der Waals surface area contributed by atoms with E-state index in [0.717, 1.165) is 12.2 Å². The Balaban J connectivity index is 3.08. The summed E-state index contributed by atoms with van der Waals surface area (Å²) >= 11 is 7.48. The number of halogens is 1. The summed E-state index contributed by atoms with van der Waals surface area (Å²) in [6.45, 7) is 1.83. The molecule has 1 unspecified atom stereocenters. The maximum atomic E-state index is 12.5. The second-order valence-electron chi connectivity index (χ2n) is 4.60. The van der Waals surface area contributed by atoms with Crippen LogP contribution < -0.4 is 0 Å². The number of carbonyl (C=O) groups is 1. The molecule has 21 heavy (non-hydrogen) atoms. The minimum absolute atomic E-state index is 0.00370. The van der Waals surface area contributed by atoms with Crippen LogP contribution in [0.5, 0.6) is 0 Å². The highest BCUT2D eigenvalue weighted by atomic mass is 35.5. The van der Waals surface area contributed by atoms with Gasteiger partial charge in [-0.25, -0.2) is 13.2 Å². The maximum Gasteiger partial charge on any atom is 0.337 e. The number of rotatable bonds is 7. The van der Waals surface area contributed by atoms with Gasteiger partial charge >= 0.3 is 5.97 Å². The SMILES string of the molecule is CSCCC(C)N(C)S(=O)(=O)c1ccc(C(=O)O)c(Cl)c1. The molecule has 0 aliphatic heterocycles. The minimum atomic E-state index is -3.69. The van der Waals surface area contributed by atoms with E-state index in [2.05, 4.69) is 0 Å². The van der Waals surface area contributed by atoms with Crippen LogP contribution in [-0.4, -0.2) is 48.9 Å². The van der Waals surface area contributed by atoms with Crippen LogP contribution in [0.3, 0.4) is 0 Å². The number of hydrogen-bond donors (Lipinski definition) is 1. The molecule has 0 spiro atoms. The van der Waals surface area contributed by atoms with Gasteiger partial charge in [0.05, 0.1) is 15.5 Å². The lowest BCUT2D eigenvalue weighted by atomic mass is 10.2. The van der Waals surface area contributed by atoms with E-state index in [9.17, 15) is 13.2 Å². The summed E-state index contributed by atoms with van der Waals surface area (Å²) in [4.78, 5) is 10.9. The molecule has 0 saturated carbocycles. The molecule has 0 bridgehead atoms. The third-order valence-electron chi connectivity index (χ3n) is 3.21. The molecule has 8 heteroatoms. The smallest absolute Gasteiger partial charge is 0.337 e. The van der Waals surface area contributed by atoms with Gasteiger partial charge in [-0.05, 0) is 43.6 Å². The summed E-state index contributed by atoms with van der Waals surface area (Å²) in [6, 6.07) is 3.50. The fourth-order valence-electron chi connectivity index (χ4n) is 1.70. The Hall–Kier alpha value is -0.760. The van der Waals surface area contributed by atoms with E-state index in [1.54, 1.807) is 11.8 Å². The molecule has 0 aliphatic carbocycles. The Kier molecular flexibility index (Phi) is 6.52. The van der Waals surface area contributed by atoms with Gasteiger partial charge < -0.3 is 5.11 Å². The number of aromatic carboxylic acids is 1. The minimum Gasteiger partial charge on any atom is -0.478 e. The van der Waals surface area contributed by atoms with Gasteiger partial charge in [-0.3, -0.25) is 0 Å². The van der Waals surface area contributed by atoms with Crippen LogP contribution in [0.1, 0.15) is 23.7 Å². The van der Waals surface area contributed by atoms with Crippen LogP contribution in [0.15, 0.2) is 23.1 Å². The number of thioether (sulfide) groups is 1. The highest BCUT2D eigenvalue weighted by molar-refractivity contribution is 7.98. The van der Waals surface area contributed by atoms with Crippen LogP contribution in [0.2, 0.25) is 5.02 Å². The summed E-state index contributed by atoms with van der Waals surface area (Å²) in [5.41, 5.74) is -0.117. The molecule has 1 aromatic carbocycles. The monoisotopic (exact) mass is 351 g/mol. The predicted molar refractivity (Wildman–Crippen MR) is 85.8 cm³/mol. The standard InChI is InChI=1S/C13H18ClNO4S2/c1-9(6-7-20-3)15(2)21(18,19)10-4-5-11(13(16)17)12(14)8-10/h4-5,8-9H,6-7H2,1-3H3,(H,16,17). The second-order valence-corrected chi connectivity index (χ2v) is 7.99. The number of sulfonamides is 1. The normalized spacial score (nSPS) is 13.4. The summed E-state index contributed by atoms with van der Waals surface area (Å²) < 4.78 is 26.3.